The number of nitrogen functional groups attached to an aromatic ring is 1. The first-order valence-corrected chi connectivity index (χ1v) is 7.08. The molecular weight excluding hydrogens is 272 g/mol. The summed E-state index contributed by atoms with van der Waals surface area (Å²) in [5, 5.41) is 2.83. The van der Waals surface area contributed by atoms with Crippen LogP contribution in [-0.4, -0.2) is 21.6 Å². The number of H-pyrrole nitrogens is 1. The first-order chi connectivity index (χ1) is 9.78. The zero-order valence-corrected chi connectivity index (χ0v) is 11.8. The number of aromatic amines is 1. The van der Waals surface area contributed by atoms with Crippen LogP contribution in [0.4, 0.5) is 5.69 Å². The summed E-state index contributed by atoms with van der Waals surface area (Å²) in [4.78, 5) is 11.6. The van der Waals surface area contributed by atoms with E-state index in [0.717, 1.165) is 15.9 Å². The van der Waals surface area contributed by atoms with E-state index in [2.05, 4.69) is 27.1 Å². The van der Waals surface area contributed by atoms with Crippen LogP contribution in [0.15, 0.2) is 46.7 Å². The van der Waals surface area contributed by atoms with E-state index in [1.807, 2.05) is 25.1 Å². The molecule has 0 aliphatic carbocycles. The predicted molar refractivity (Wildman–Crippen MR) is 80.0 cm³/mol. The van der Waals surface area contributed by atoms with Crippen LogP contribution in [0, 0.1) is 0 Å². The van der Waals surface area contributed by atoms with Crippen molar-refractivity contribution in [2.24, 2.45) is 0 Å². The third-order valence-corrected chi connectivity index (χ3v) is 3.76. The number of hydrogen-bond donors (Lipinski definition) is 2. The van der Waals surface area contributed by atoms with Crippen LogP contribution < -0.4 is 10.5 Å². The Balaban J connectivity index is 1.92. The minimum absolute atomic E-state index is 0.432. The maximum atomic E-state index is 6.03. The Morgan fingerprint density at radius 2 is 2.15 bits per heavy atom. The fourth-order valence-corrected chi connectivity index (χ4v) is 2.76. The number of aromatic nitrogens is 3. The molecule has 2 heterocycles. The van der Waals surface area contributed by atoms with E-state index in [1.165, 1.54) is 18.1 Å². The highest BCUT2D eigenvalue weighted by molar-refractivity contribution is 7.99. The van der Waals surface area contributed by atoms with Gasteiger partial charge in [0.2, 0.25) is 5.88 Å². The second-order valence-electron chi connectivity index (χ2n) is 4.15. The molecule has 20 heavy (non-hydrogen) atoms. The van der Waals surface area contributed by atoms with Crippen molar-refractivity contribution >= 4 is 28.4 Å². The fourth-order valence-electron chi connectivity index (χ4n) is 1.90. The molecule has 0 unspecified atom stereocenters. The molecule has 0 spiro atoms. The Hall–Kier alpha value is -2.21. The van der Waals surface area contributed by atoms with Crippen molar-refractivity contribution in [3.63, 3.8) is 0 Å². The second kappa shape index (κ2) is 5.42. The molecule has 5 nitrogen and oxygen atoms in total. The van der Waals surface area contributed by atoms with E-state index in [0.29, 0.717) is 23.2 Å². The third kappa shape index (κ3) is 2.42. The van der Waals surface area contributed by atoms with Gasteiger partial charge in [-0.2, -0.15) is 4.98 Å². The predicted octanol–water partition coefficient (Wildman–Crippen LogP) is 3.09. The van der Waals surface area contributed by atoms with Crippen molar-refractivity contribution in [1.29, 1.82) is 0 Å². The Kier molecular flexibility index (Phi) is 3.47. The van der Waals surface area contributed by atoms with E-state index in [-0.39, 0.29) is 0 Å². The lowest BCUT2D eigenvalue weighted by Crippen LogP contribution is -2.02. The number of nitrogens with two attached hydrogens (primary N) is 1. The molecule has 0 radical (unpaired) electrons. The average Bonchev–Trinajstić information content (AvgIpc) is 2.86. The minimum atomic E-state index is 0.432. The Morgan fingerprint density at radius 3 is 2.95 bits per heavy atom. The van der Waals surface area contributed by atoms with Crippen molar-refractivity contribution in [1.82, 2.24) is 15.0 Å². The molecule has 0 fully saturated rings. The van der Waals surface area contributed by atoms with Gasteiger partial charge >= 0.3 is 0 Å². The van der Waals surface area contributed by atoms with Gasteiger partial charge in [-0.1, -0.05) is 18.2 Å². The van der Waals surface area contributed by atoms with Crippen LogP contribution in [0.5, 0.6) is 5.88 Å². The van der Waals surface area contributed by atoms with Gasteiger partial charge in [-0.05, 0) is 30.8 Å². The largest absolute Gasteiger partial charge is 0.476 e. The van der Waals surface area contributed by atoms with Gasteiger partial charge in [0.15, 0.2) is 0 Å². The molecular formula is C14H14N4OS. The van der Waals surface area contributed by atoms with E-state index in [4.69, 9.17) is 10.5 Å². The molecule has 0 amide bonds. The van der Waals surface area contributed by atoms with Crippen LogP contribution >= 0.6 is 11.8 Å². The molecule has 0 saturated heterocycles. The number of nitrogens with one attached hydrogen (secondary N) is 1. The number of nitrogens with zero attached hydrogens (tertiary/aromatic N) is 2. The quantitative estimate of drug-likeness (QED) is 0.721. The molecule has 2 aromatic heterocycles. The molecule has 0 aliphatic heterocycles. The van der Waals surface area contributed by atoms with Crippen molar-refractivity contribution in [2.75, 3.05) is 12.3 Å². The average molecular weight is 286 g/mol. The summed E-state index contributed by atoms with van der Waals surface area (Å²) < 4.78 is 5.37. The van der Waals surface area contributed by atoms with Crippen LogP contribution in [0.3, 0.4) is 0 Å². The standard InChI is InChI=1S/C14H14N4OS/c1-2-19-13-12(15)14(17-8-16-13)20-11-7-9-5-3-4-6-10(9)18-11/h3-8,18H,2,15H2,1H3. The molecule has 0 aliphatic rings. The first-order valence-electron chi connectivity index (χ1n) is 6.27. The smallest absolute Gasteiger partial charge is 0.241 e. The number of benzene rings is 1. The summed E-state index contributed by atoms with van der Waals surface area (Å²) in [6.07, 6.45) is 1.46. The van der Waals surface area contributed by atoms with Crippen molar-refractivity contribution in [3.05, 3.63) is 36.7 Å². The topological polar surface area (TPSA) is 76.8 Å². The highest BCUT2D eigenvalue weighted by Crippen LogP contribution is 2.34. The first kappa shape index (κ1) is 12.8. The lowest BCUT2D eigenvalue weighted by molar-refractivity contribution is 0.327. The maximum Gasteiger partial charge on any atom is 0.241 e. The molecule has 102 valence electrons. The second-order valence-corrected chi connectivity index (χ2v) is 5.18. The Morgan fingerprint density at radius 1 is 1.30 bits per heavy atom. The van der Waals surface area contributed by atoms with Crippen LogP contribution in [0.25, 0.3) is 10.9 Å². The number of ether oxygens (including phenoxy) is 1. The Bertz CT molecular complexity index is 708. The minimum Gasteiger partial charge on any atom is -0.476 e. The lowest BCUT2D eigenvalue weighted by Gasteiger charge is -2.07. The van der Waals surface area contributed by atoms with Crippen LogP contribution in [-0.2, 0) is 0 Å². The SMILES string of the molecule is CCOc1ncnc(Sc2cc3ccccc3[nH]2)c1N. The highest BCUT2D eigenvalue weighted by atomic mass is 32.2. The monoisotopic (exact) mass is 286 g/mol. The van der Waals surface area contributed by atoms with Crippen LogP contribution in [0.1, 0.15) is 6.92 Å². The number of para-hydroxylation sites is 1. The summed E-state index contributed by atoms with van der Waals surface area (Å²) in [7, 11) is 0. The summed E-state index contributed by atoms with van der Waals surface area (Å²) >= 11 is 1.47. The van der Waals surface area contributed by atoms with Gasteiger partial charge in [-0.25, -0.2) is 4.98 Å². The number of hydrogen-bond acceptors (Lipinski definition) is 5. The molecule has 1 aromatic carbocycles. The summed E-state index contributed by atoms with van der Waals surface area (Å²) in [5.41, 5.74) is 7.59. The van der Waals surface area contributed by atoms with E-state index in [9.17, 15) is 0 Å². The van der Waals surface area contributed by atoms with Gasteiger partial charge in [-0.15, -0.1) is 0 Å². The van der Waals surface area contributed by atoms with Crippen molar-refractivity contribution < 1.29 is 4.74 Å². The van der Waals surface area contributed by atoms with Gasteiger partial charge in [-0.3, -0.25) is 0 Å². The molecule has 0 saturated carbocycles. The molecule has 3 N–H and O–H groups in total. The molecule has 0 atom stereocenters. The van der Waals surface area contributed by atoms with E-state index >= 15 is 0 Å². The van der Waals surface area contributed by atoms with Gasteiger partial charge in [0.1, 0.15) is 17.0 Å². The van der Waals surface area contributed by atoms with Crippen molar-refractivity contribution in [2.45, 2.75) is 17.0 Å². The fraction of sp³-hybridized carbons (Fsp3) is 0.143. The van der Waals surface area contributed by atoms with Crippen LogP contribution in [0.2, 0.25) is 0 Å². The van der Waals surface area contributed by atoms with E-state index < -0.39 is 0 Å². The number of rotatable bonds is 4. The van der Waals surface area contributed by atoms with Gasteiger partial charge in [0.05, 0.1) is 11.6 Å². The molecule has 3 rings (SSSR count). The lowest BCUT2D eigenvalue weighted by atomic mass is 10.3. The van der Waals surface area contributed by atoms with Gasteiger partial charge in [0.25, 0.3) is 0 Å². The Labute approximate surface area is 120 Å². The third-order valence-electron chi connectivity index (χ3n) is 2.80. The number of fused-ring (bicyclic) bond motifs is 1. The molecule has 3 aromatic rings. The normalized spacial score (nSPS) is 10.8. The summed E-state index contributed by atoms with van der Waals surface area (Å²) in [6.45, 7) is 2.42. The number of anilines is 1. The zero-order valence-electron chi connectivity index (χ0n) is 11.0. The highest BCUT2D eigenvalue weighted by Gasteiger charge is 2.11. The van der Waals surface area contributed by atoms with Crippen molar-refractivity contribution in [3.8, 4) is 5.88 Å². The zero-order chi connectivity index (χ0) is 13.9. The van der Waals surface area contributed by atoms with E-state index in [1.54, 1.807) is 0 Å². The molecule has 0 bridgehead atoms. The summed E-state index contributed by atoms with van der Waals surface area (Å²) in [5.74, 6) is 0.432. The summed E-state index contributed by atoms with van der Waals surface area (Å²) in [6, 6.07) is 10.2. The van der Waals surface area contributed by atoms with Gasteiger partial charge in [0, 0.05) is 10.9 Å². The van der Waals surface area contributed by atoms with Gasteiger partial charge < -0.3 is 15.5 Å². The molecule has 6 heteroatoms. The maximum absolute atomic E-state index is 6.03.